The van der Waals surface area contributed by atoms with Crippen LogP contribution in [0.1, 0.15) is 13.8 Å². The number of hydrogen-bond acceptors (Lipinski definition) is 9. The minimum atomic E-state index is -4.19. The van der Waals surface area contributed by atoms with Crippen molar-refractivity contribution in [3.63, 3.8) is 0 Å². The standard InChI is InChI=1S/C7H15N3O6S/c1-3-13-6(14-4-2)5-10-7(8)9-15-17(11,12)16-10/h6H,3-5H2,1-2H3,(H2,8,9). The van der Waals surface area contributed by atoms with Crippen LogP contribution in [0.4, 0.5) is 0 Å². The van der Waals surface area contributed by atoms with Gasteiger partial charge >= 0.3 is 10.4 Å². The van der Waals surface area contributed by atoms with Gasteiger partial charge in [-0.05, 0) is 19.0 Å². The molecule has 0 aromatic carbocycles. The first-order valence-electron chi connectivity index (χ1n) is 4.96. The molecule has 0 saturated carbocycles. The number of hydroxylamine groups is 2. The van der Waals surface area contributed by atoms with Gasteiger partial charge in [0.05, 0.1) is 0 Å². The number of oxime groups is 1. The molecular formula is C7H15N3O6S. The number of ether oxygens (including phenoxy) is 2. The topological polar surface area (TPSA) is 113 Å². The highest BCUT2D eigenvalue weighted by Crippen LogP contribution is 2.10. The summed E-state index contributed by atoms with van der Waals surface area (Å²) < 4.78 is 40.8. The zero-order valence-corrected chi connectivity index (χ0v) is 10.3. The van der Waals surface area contributed by atoms with Gasteiger partial charge in [0.2, 0.25) is 0 Å². The molecule has 0 unspecified atom stereocenters. The van der Waals surface area contributed by atoms with Gasteiger partial charge in [-0.1, -0.05) is 0 Å². The molecule has 1 rings (SSSR count). The fourth-order valence-electron chi connectivity index (χ4n) is 1.08. The molecule has 1 aliphatic rings. The molecule has 10 heteroatoms. The Labute approximate surface area is 99.3 Å². The van der Waals surface area contributed by atoms with Crippen LogP contribution in [0.5, 0.6) is 0 Å². The molecule has 1 heterocycles. The van der Waals surface area contributed by atoms with Crippen molar-refractivity contribution in [2.75, 3.05) is 19.8 Å². The van der Waals surface area contributed by atoms with E-state index in [9.17, 15) is 8.42 Å². The van der Waals surface area contributed by atoms with Crippen LogP contribution in [-0.4, -0.2) is 45.5 Å². The van der Waals surface area contributed by atoms with Gasteiger partial charge in [-0.2, -0.15) is 13.5 Å². The molecule has 0 saturated heterocycles. The van der Waals surface area contributed by atoms with Gasteiger partial charge in [0.1, 0.15) is 6.54 Å². The summed E-state index contributed by atoms with van der Waals surface area (Å²) >= 11 is 0. The van der Waals surface area contributed by atoms with Crippen molar-refractivity contribution in [3.8, 4) is 0 Å². The van der Waals surface area contributed by atoms with Crippen LogP contribution in [0.25, 0.3) is 0 Å². The lowest BCUT2D eigenvalue weighted by Crippen LogP contribution is -2.47. The van der Waals surface area contributed by atoms with E-state index in [-0.39, 0.29) is 12.5 Å². The van der Waals surface area contributed by atoms with Crippen LogP contribution in [0, 0.1) is 0 Å². The van der Waals surface area contributed by atoms with Crippen molar-refractivity contribution in [2.24, 2.45) is 10.9 Å². The molecule has 0 amide bonds. The monoisotopic (exact) mass is 269 g/mol. The summed E-state index contributed by atoms with van der Waals surface area (Å²) in [6, 6.07) is 0. The Morgan fingerprint density at radius 2 is 2.00 bits per heavy atom. The third-order valence-electron chi connectivity index (χ3n) is 1.68. The van der Waals surface area contributed by atoms with Gasteiger partial charge in [0.25, 0.3) is 5.96 Å². The number of nitrogens with zero attached hydrogens (tertiary/aromatic N) is 2. The zero-order valence-electron chi connectivity index (χ0n) is 9.53. The lowest BCUT2D eigenvalue weighted by molar-refractivity contribution is -0.169. The molecule has 0 aromatic heterocycles. The maximum absolute atomic E-state index is 11.0. The van der Waals surface area contributed by atoms with E-state index in [1.807, 2.05) is 0 Å². The third-order valence-corrected chi connectivity index (χ3v) is 2.30. The van der Waals surface area contributed by atoms with Gasteiger partial charge < -0.3 is 15.2 Å². The number of rotatable bonds is 6. The molecule has 100 valence electrons. The summed E-state index contributed by atoms with van der Waals surface area (Å²) in [4.78, 5) is 0. The largest absolute Gasteiger partial charge is 0.491 e. The van der Waals surface area contributed by atoms with Crippen LogP contribution in [0.2, 0.25) is 0 Å². The van der Waals surface area contributed by atoms with Gasteiger partial charge in [-0.25, -0.2) is 4.28 Å². The van der Waals surface area contributed by atoms with Crippen LogP contribution < -0.4 is 5.73 Å². The Morgan fingerprint density at radius 1 is 1.41 bits per heavy atom. The third kappa shape index (κ3) is 4.34. The molecule has 17 heavy (non-hydrogen) atoms. The van der Waals surface area contributed by atoms with Gasteiger partial charge in [0, 0.05) is 13.2 Å². The average molecular weight is 269 g/mol. The summed E-state index contributed by atoms with van der Waals surface area (Å²) in [6.45, 7) is 4.32. The quantitative estimate of drug-likeness (QED) is 0.619. The lowest BCUT2D eigenvalue weighted by Gasteiger charge is -2.26. The highest BCUT2D eigenvalue weighted by Gasteiger charge is 2.29. The normalized spacial score (nSPS) is 19.0. The predicted octanol–water partition coefficient (Wildman–Crippen LogP) is -0.876. The van der Waals surface area contributed by atoms with E-state index in [1.54, 1.807) is 13.8 Å². The van der Waals surface area contributed by atoms with Crippen molar-refractivity contribution in [3.05, 3.63) is 0 Å². The van der Waals surface area contributed by atoms with Gasteiger partial charge in [-0.15, -0.1) is 4.28 Å². The molecule has 2 N–H and O–H groups in total. The fraction of sp³-hybridized carbons (Fsp3) is 0.857. The molecule has 0 radical (unpaired) electrons. The van der Waals surface area contributed by atoms with Crippen molar-refractivity contribution in [1.82, 2.24) is 5.06 Å². The maximum atomic E-state index is 11.0. The van der Waals surface area contributed by atoms with E-state index in [0.717, 1.165) is 5.06 Å². The number of nitrogens with two attached hydrogens (primary N) is 1. The second kappa shape index (κ2) is 6.00. The molecule has 0 atom stereocenters. The van der Waals surface area contributed by atoms with Crippen molar-refractivity contribution in [2.45, 2.75) is 20.1 Å². The van der Waals surface area contributed by atoms with Crippen molar-refractivity contribution in [1.29, 1.82) is 0 Å². The van der Waals surface area contributed by atoms with E-state index < -0.39 is 16.7 Å². The number of guanidine groups is 1. The first-order valence-corrected chi connectivity index (χ1v) is 6.29. The number of hydrogen-bond donors (Lipinski definition) is 1. The molecule has 1 aliphatic heterocycles. The summed E-state index contributed by atoms with van der Waals surface area (Å²) in [6.07, 6.45) is -0.674. The highest BCUT2D eigenvalue weighted by atomic mass is 32.3. The first-order chi connectivity index (χ1) is 7.98. The smallest absolute Gasteiger partial charge is 0.365 e. The minimum absolute atomic E-state index is 0.0421. The minimum Gasteiger partial charge on any atom is -0.365 e. The van der Waals surface area contributed by atoms with Crippen LogP contribution in [0.15, 0.2) is 5.16 Å². The zero-order chi connectivity index (χ0) is 12.9. The van der Waals surface area contributed by atoms with Crippen molar-refractivity contribution >= 4 is 16.4 Å². The fourth-order valence-corrected chi connectivity index (χ4v) is 1.63. The summed E-state index contributed by atoms with van der Waals surface area (Å²) in [5.74, 6) is -0.232. The van der Waals surface area contributed by atoms with Crippen LogP contribution >= 0.6 is 0 Å². The molecule has 0 aliphatic carbocycles. The summed E-state index contributed by atoms with van der Waals surface area (Å²) in [7, 11) is -4.19. The van der Waals surface area contributed by atoms with E-state index in [2.05, 4.69) is 13.7 Å². The van der Waals surface area contributed by atoms with Gasteiger partial charge in [-0.3, -0.25) is 0 Å². The molecule has 0 aromatic rings. The predicted molar refractivity (Wildman–Crippen MR) is 56.5 cm³/mol. The van der Waals surface area contributed by atoms with E-state index in [1.165, 1.54) is 0 Å². The maximum Gasteiger partial charge on any atom is 0.491 e. The molecule has 0 bridgehead atoms. The van der Waals surface area contributed by atoms with Crippen LogP contribution in [-0.2, 0) is 28.4 Å². The summed E-state index contributed by atoms with van der Waals surface area (Å²) in [5, 5.41) is 3.96. The first kappa shape index (κ1) is 14.0. The molecular weight excluding hydrogens is 254 g/mol. The van der Waals surface area contributed by atoms with Gasteiger partial charge in [0.15, 0.2) is 6.29 Å². The second-order valence-corrected chi connectivity index (χ2v) is 4.02. The molecule has 0 spiro atoms. The molecule has 9 nitrogen and oxygen atoms in total. The Balaban J connectivity index is 2.64. The van der Waals surface area contributed by atoms with E-state index in [4.69, 9.17) is 15.2 Å². The molecule has 0 fully saturated rings. The Morgan fingerprint density at radius 3 is 2.53 bits per heavy atom. The Kier molecular flexibility index (Phi) is 4.93. The highest BCUT2D eigenvalue weighted by molar-refractivity contribution is 7.81. The van der Waals surface area contributed by atoms with E-state index in [0.29, 0.717) is 13.2 Å². The Bertz CT molecular complexity index is 364. The average Bonchev–Trinajstić information content (AvgIpc) is 2.24. The Hall–Kier alpha value is -1.10. The second-order valence-electron chi connectivity index (χ2n) is 2.91. The SMILES string of the molecule is CCOC(CN1OS(=O)(=O)ON=C1N)OCC. The van der Waals surface area contributed by atoms with Crippen LogP contribution in [0.3, 0.4) is 0 Å². The van der Waals surface area contributed by atoms with Crippen molar-refractivity contribution < 1.29 is 26.5 Å². The van der Waals surface area contributed by atoms with E-state index >= 15 is 0 Å². The lowest BCUT2D eigenvalue weighted by atomic mass is 10.6. The summed E-state index contributed by atoms with van der Waals surface area (Å²) in [5.41, 5.74) is 5.39.